The maximum Gasteiger partial charge on any atom is 0.256 e. The number of benzene rings is 1. The van der Waals surface area contributed by atoms with E-state index in [9.17, 15) is 4.79 Å². The highest BCUT2D eigenvalue weighted by Crippen LogP contribution is 2.15. The minimum Gasteiger partial charge on any atom is -0.497 e. The van der Waals surface area contributed by atoms with E-state index in [-0.39, 0.29) is 5.91 Å². The zero-order valence-electron chi connectivity index (χ0n) is 13.7. The smallest absolute Gasteiger partial charge is 0.256 e. The van der Waals surface area contributed by atoms with E-state index in [1.807, 2.05) is 20.2 Å². The number of carbonyl (C=O) groups excluding carboxylic acids is 1. The second-order valence-corrected chi connectivity index (χ2v) is 5.35. The molecule has 0 spiro atoms. The quantitative estimate of drug-likeness (QED) is 0.821. The van der Waals surface area contributed by atoms with Gasteiger partial charge in [-0.15, -0.1) is 0 Å². The van der Waals surface area contributed by atoms with Crippen molar-refractivity contribution >= 4 is 17.4 Å². The first kappa shape index (κ1) is 16.8. The molecule has 0 bridgehead atoms. The number of methoxy groups -OCH3 is 1. The van der Waals surface area contributed by atoms with Gasteiger partial charge in [0.15, 0.2) is 0 Å². The highest BCUT2D eigenvalue weighted by molar-refractivity contribution is 6.04. The van der Waals surface area contributed by atoms with Crippen LogP contribution in [0.1, 0.15) is 10.4 Å². The number of ether oxygens (including phenoxy) is 1. The molecule has 0 aliphatic rings. The molecule has 0 radical (unpaired) electrons. The van der Waals surface area contributed by atoms with Crippen molar-refractivity contribution < 1.29 is 9.53 Å². The molecular weight excluding hydrogens is 292 g/mol. The molecule has 0 unspecified atom stereocenters. The number of hydrogen-bond acceptors (Lipinski definition) is 5. The fourth-order valence-electron chi connectivity index (χ4n) is 1.95. The Labute approximate surface area is 136 Å². The Kier molecular flexibility index (Phi) is 5.94. The molecular formula is C17H22N4O2. The van der Waals surface area contributed by atoms with Gasteiger partial charge in [0.25, 0.3) is 5.91 Å². The molecule has 2 aromatic rings. The van der Waals surface area contributed by atoms with Crippen LogP contribution in [0.5, 0.6) is 5.75 Å². The summed E-state index contributed by atoms with van der Waals surface area (Å²) in [6, 6.07) is 10.7. The van der Waals surface area contributed by atoms with Crippen molar-refractivity contribution in [2.75, 3.05) is 44.9 Å². The molecule has 0 aliphatic heterocycles. The summed E-state index contributed by atoms with van der Waals surface area (Å²) in [5.41, 5.74) is 1.45. The van der Waals surface area contributed by atoms with Gasteiger partial charge in [-0.25, -0.2) is 4.98 Å². The first-order valence-corrected chi connectivity index (χ1v) is 7.38. The van der Waals surface area contributed by atoms with Crippen molar-refractivity contribution in [2.24, 2.45) is 0 Å². The molecule has 1 heterocycles. The third-order valence-corrected chi connectivity index (χ3v) is 3.23. The number of likely N-dealkylation sites (N-methyl/N-ethyl adjacent to an activating group) is 1. The first-order valence-electron chi connectivity index (χ1n) is 7.38. The Morgan fingerprint density at radius 2 is 2.09 bits per heavy atom. The van der Waals surface area contributed by atoms with Gasteiger partial charge in [-0.05, 0) is 44.4 Å². The van der Waals surface area contributed by atoms with E-state index in [1.165, 1.54) is 0 Å². The van der Waals surface area contributed by atoms with E-state index in [0.717, 1.165) is 18.8 Å². The molecule has 0 saturated carbocycles. The number of hydrogen-bond donors (Lipinski definition) is 2. The average Bonchev–Trinajstić information content (AvgIpc) is 2.56. The van der Waals surface area contributed by atoms with Gasteiger partial charge in [0.1, 0.15) is 11.6 Å². The number of aromatic nitrogens is 1. The molecule has 23 heavy (non-hydrogen) atoms. The first-order chi connectivity index (χ1) is 11.1. The summed E-state index contributed by atoms with van der Waals surface area (Å²) in [7, 11) is 5.62. The van der Waals surface area contributed by atoms with Crippen molar-refractivity contribution in [3.8, 4) is 5.75 Å². The van der Waals surface area contributed by atoms with Gasteiger partial charge in [-0.3, -0.25) is 4.79 Å². The number of amides is 1. The van der Waals surface area contributed by atoms with Crippen molar-refractivity contribution in [3.63, 3.8) is 0 Å². The summed E-state index contributed by atoms with van der Waals surface area (Å²) in [6.45, 7) is 1.78. The largest absolute Gasteiger partial charge is 0.497 e. The van der Waals surface area contributed by atoms with Crippen LogP contribution < -0.4 is 15.4 Å². The molecule has 6 nitrogen and oxygen atoms in total. The molecule has 0 aliphatic carbocycles. The summed E-state index contributed by atoms with van der Waals surface area (Å²) in [6.07, 6.45) is 1.71. The lowest BCUT2D eigenvalue weighted by atomic mass is 10.2. The minimum absolute atomic E-state index is 0.218. The van der Waals surface area contributed by atoms with E-state index in [2.05, 4.69) is 20.5 Å². The second kappa shape index (κ2) is 8.14. The minimum atomic E-state index is -0.218. The van der Waals surface area contributed by atoms with Crippen molar-refractivity contribution in [1.29, 1.82) is 0 Å². The van der Waals surface area contributed by atoms with Crippen LogP contribution in [0.4, 0.5) is 11.5 Å². The standard InChI is InChI=1S/C17H22N4O2/c1-21(2)10-9-18-14-7-8-16(19-12-14)20-17(22)13-5-4-6-15(11-13)23-3/h4-8,11-12,18H,9-10H2,1-3H3,(H,19,20,22). The summed E-state index contributed by atoms with van der Waals surface area (Å²) < 4.78 is 5.12. The Morgan fingerprint density at radius 3 is 2.74 bits per heavy atom. The number of pyridine rings is 1. The Bertz CT molecular complexity index is 641. The lowest BCUT2D eigenvalue weighted by Crippen LogP contribution is -2.20. The maximum absolute atomic E-state index is 12.2. The van der Waals surface area contributed by atoms with E-state index >= 15 is 0 Å². The zero-order chi connectivity index (χ0) is 16.7. The summed E-state index contributed by atoms with van der Waals surface area (Å²) in [5.74, 6) is 0.937. The predicted molar refractivity (Wildman–Crippen MR) is 92.2 cm³/mol. The molecule has 2 rings (SSSR count). The van der Waals surface area contributed by atoms with Gasteiger partial charge in [0.05, 0.1) is 19.0 Å². The summed E-state index contributed by atoms with van der Waals surface area (Å²) >= 11 is 0. The number of anilines is 2. The molecule has 1 aromatic carbocycles. The molecule has 2 N–H and O–H groups in total. The maximum atomic E-state index is 12.2. The number of rotatable bonds is 7. The molecule has 0 atom stereocenters. The van der Waals surface area contributed by atoms with Crippen LogP contribution in [0.25, 0.3) is 0 Å². The normalized spacial score (nSPS) is 10.4. The number of carbonyl (C=O) groups is 1. The lowest BCUT2D eigenvalue weighted by Gasteiger charge is -2.11. The average molecular weight is 314 g/mol. The molecule has 0 saturated heterocycles. The summed E-state index contributed by atoms with van der Waals surface area (Å²) in [5, 5.41) is 6.04. The van der Waals surface area contributed by atoms with Gasteiger partial charge in [0, 0.05) is 18.7 Å². The van der Waals surface area contributed by atoms with Crippen LogP contribution in [0.2, 0.25) is 0 Å². The Hall–Kier alpha value is -2.60. The zero-order valence-corrected chi connectivity index (χ0v) is 13.7. The number of nitrogens with one attached hydrogen (secondary N) is 2. The molecule has 122 valence electrons. The van der Waals surface area contributed by atoms with Gasteiger partial charge >= 0.3 is 0 Å². The molecule has 1 amide bonds. The van der Waals surface area contributed by atoms with Gasteiger partial charge in [-0.2, -0.15) is 0 Å². The number of nitrogens with zero attached hydrogens (tertiary/aromatic N) is 2. The van der Waals surface area contributed by atoms with Gasteiger partial charge in [0.2, 0.25) is 0 Å². The fraction of sp³-hybridized carbons (Fsp3) is 0.294. The van der Waals surface area contributed by atoms with Crippen LogP contribution in [0, 0.1) is 0 Å². The van der Waals surface area contributed by atoms with E-state index < -0.39 is 0 Å². The molecule has 6 heteroatoms. The van der Waals surface area contributed by atoms with Crippen molar-refractivity contribution in [3.05, 3.63) is 48.2 Å². The van der Waals surface area contributed by atoms with E-state index in [4.69, 9.17) is 4.74 Å². The van der Waals surface area contributed by atoms with Crippen LogP contribution in [0.3, 0.4) is 0 Å². The highest BCUT2D eigenvalue weighted by atomic mass is 16.5. The third-order valence-electron chi connectivity index (χ3n) is 3.23. The third kappa shape index (κ3) is 5.27. The van der Waals surface area contributed by atoms with Crippen LogP contribution in [0.15, 0.2) is 42.6 Å². The fourth-order valence-corrected chi connectivity index (χ4v) is 1.95. The van der Waals surface area contributed by atoms with Crippen molar-refractivity contribution in [2.45, 2.75) is 0 Å². The van der Waals surface area contributed by atoms with Gasteiger partial charge in [-0.1, -0.05) is 6.07 Å². The monoisotopic (exact) mass is 314 g/mol. The second-order valence-electron chi connectivity index (χ2n) is 5.35. The SMILES string of the molecule is COc1cccc(C(=O)Nc2ccc(NCCN(C)C)cn2)c1. The van der Waals surface area contributed by atoms with Crippen LogP contribution >= 0.6 is 0 Å². The summed E-state index contributed by atoms with van der Waals surface area (Å²) in [4.78, 5) is 18.5. The molecule has 1 aromatic heterocycles. The molecule has 0 fully saturated rings. The topological polar surface area (TPSA) is 66.5 Å². The highest BCUT2D eigenvalue weighted by Gasteiger charge is 2.07. The van der Waals surface area contributed by atoms with Gasteiger partial charge < -0.3 is 20.3 Å². The van der Waals surface area contributed by atoms with Crippen LogP contribution in [-0.2, 0) is 0 Å². The van der Waals surface area contributed by atoms with Crippen LogP contribution in [-0.4, -0.2) is 50.1 Å². The van der Waals surface area contributed by atoms with Crippen molar-refractivity contribution in [1.82, 2.24) is 9.88 Å². The van der Waals surface area contributed by atoms with E-state index in [1.54, 1.807) is 43.6 Å². The Balaban J connectivity index is 1.93. The predicted octanol–water partition coefficient (Wildman–Crippen LogP) is 2.32. The Morgan fingerprint density at radius 1 is 1.26 bits per heavy atom. The van der Waals surface area contributed by atoms with E-state index in [0.29, 0.717) is 17.1 Å². The lowest BCUT2D eigenvalue weighted by molar-refractivity contribution is 0.102.